The highest BCUT2D eigenvalue weighted by Crippen LogP contribution is 2.19. The molecule has 2 aromatic rings. The number of carbonyl (C=O) groups is 1. The average Bonchev–Trinajstić information content (AvgIpc) is 2.73. The molecule has 5 heteroatoms. The monoisotopic (exact) mass is 368 g/mol. The first-order valence-electron chi connectivity index (χ1n) is 9.69. The third kappa shape index (κ3) is 5.47. The molecule has 0 spiro atoms. The SMILES string of the molecule is CCOc1ccccc1CCCNC(=O)c1ccc(N2CCOCC2)cc1. The number of carbonyl (C=O) groups excluding carboxylic acids is 1. The normalized spacial score (nSPS) is 14.0. The van der Waals surface area contributed by atoms with Crippen molar-refractivity contribution in [2.45, 2.75) is 19.8 Å². The van der Waals surface area contributed by atoms with Crippen molar-refractivity contribution in [2.24, 2.45) is 0 Å². The summed E-state index contributed by atoms with van der Waals surface area (Å²) in [5.74, 6) is 0.909. The average molecular weight is 368 g/mol. The topological polar surface area (TPSA) is 50.8 Å². The van der Waals surface area contributed by atoms with Gasteiger partial charge in [-0.05, 0) is 55.7 Å². The van der Waals surface area contributed by atoms with Crippen LogP contribution in [0.3, 0.4) is 0 Å². The van der Waals surface area contributed by atoms with E-state index in [1.807, 2.05) is 49.4 Å². The third-order valence-corrected chi connectivity index (χ3v) is 4.69. The molecule has 3 rings (SSSR count). The van der Waals surface area contributed by atoms with Crippen LogP contribution in [0.5, 0.6) is 5.75 Å². The fourth-order valence-electron chi connectivity index (χ4n) is 3.23. The van der Waals surface area contributed by atoms with Gasteiger partial charge in [-0.15, -0.1) is 0 Å². The molecule has 144 valence electrons. The van der Waals surface area contributed by atoms with Crippen LogP contribution in [-0.2, 0) is 11.2 Å². The minimum Gasteiger partial charge on any atom is -0.494 e. The van der Waals surface area contributed by atoms with E-state index in [2.05, 4.69) is 16.3 Å². The van der Waals surface area contributed by atoms with Crippen molar-refractivity contribution in [2.75, 3.05) is 44.4 Å². The minimum absolute atomic E-state index is 0.0263. The van der Waals surface area contributed by atoms with Crippen molar-refractivity contribution in [1.82, 2.24) is 5.32 Å². The maximum absolute atomic E-state index is 12.3. The number of benzene rings is 2. The molecular weight excluding hydrogens is 340 g/mol. The molecule has 1 heterocycles. The second kappa shape index (κ2) is 9.97. The Kier molecular flexibility index (Phi) is 7.11. The van der Waals surface area contributed by atoms with Gasteiger partial charge < -0.3 is 19.7 Å². The lowest BCUT2D eigenvalue weighted by Gasteiger charge is -2.28. The molecule has 0 unspecified atom stereocenters. The molecule has 5 nitrogen and oxygen atoms in total. The standard InChI is InChI=1S/C22H28N2O3/c1-2-27-21-8-4-3-6-18(21)7-5-13-23-22(25)19-9-11-20(12-10-19)24-14-16-26-17-15-24/h3-4,6,8-12H,2,5,7,13-17H2,1H3,(H,23,25). The summed E-state index contributed by atoms with van der Waals surface area (Å²) in [5, 5.41) is 3.01. The van der Waals surface area contributed by atoms with Gasteiger partial charge in [0.15, 0.2) is 0 Å². The molecule has 1 saturated heterocycles. The molecule has 0 aliphatic carbocycles. The number of hydrogen-bond acceptors (Lipinski definition) is 4. The number of rotatable bonds is 8. The highest BCUT2D eigenvalue weighted by Gasteiger charge is 2.12. The predicted molar refractivity (Wildman–Crippen MR) is 108 cm³/mol. The number of nitrogens with zero attached hydrogens (tertiary/aromatic N) is 1. The first-order chi connectivity index (χ1) is 13.3. The third-order valence-electron chi connectivity index (χ3n) is 4.69. The van der Waals surface area contributed by atoms with Gasteiger partial charge in [-0.3, -0.25) is 4.79 Å². The van der Waals surface area contributed by atoms with Crippen LogP contribution < -0.4 is 15.0 Å². The first kappa shape index (κ1) is 19.2. The molecule has 0 aromatic heterocycles. The Bertz CT molecular complexity index is 725. The Morgan fingerprint density at radius 3 is 2.59 bits per heavy atom. The number of morpholine rings is 1. The number of anilines is 1. The van der Waals surface area contributed by atoms with Gasteiger partial charge in [0.1, 0.15) is 5.75 Å². The summed E-state index contributed by atoms with van der Waals surface area (Å²) >= 11 is 0. The second-order valence-corrected chi connectivity index (χ2v) is 6.55. The molecule has 27 heavy (non-hydrogen) atoms. The van der Waals surface area contributed by atoms with Crippen molar-refractivity contribution in [3.63, 3.8) is 0 Å². The van der Waals surface area contributed by atoms with E-state index in [0.29, 0.717) is 18.7 Å². The minimum atomic E-state index is -0.0263. The maximum Gasteiger partial charge on any atom is 0.251 e. The number of hydrogen-bond donors (Lipinski definition) is 1. The van der Waals surface area contributed by atoms with Crippen LogP contribution in [0.4, 0.5) is 5.69 Å². The summed E-state index contributed by atoms with van der Waals surface area (Å²) in [7, 11) is 0. The Hall–Kier alpha value is -2.53. The Morgan fingerprint density at radius 2 is 1.85 bits per heavy atom. The van der Waals surface area contributed by atoms with Crippen LogP contribution in [0.15, 0.2) is 48.5 Å². The fourth-order valence-corrected chi connectivity index (χ4v) is 3.23. The molecular formula is C22H28N2O3. The first-order valence-corrected chi connectivity index (χ1v) is 9.69. The summed E-state index contributed by atoms with van der Waals surface area (Å²) in [6, 6.07) is 15.9. The zero-order chi connectivity index (χ0) is 18.9. The van der Waals surface area contributed by atoms with Gasteiger partial charge in [0.25, 0.3) is 5.91 Å². The van der Waals surface area contributed by atoms with Crippen molar-refractivity contribution < 1.29 is 14.3 Å². The van der Waals surface area contributed by atoms with E-state index in [9.17, 15) is 4.79 Å². The zero-order valence-electron chi connectivity index (χ0n) is 15.9. The van der Waals surface area contributed by atoms with E-state index >= 15 is 0 Å². The molecule has 0 saturated carbocycles. The summed E-state index contributed by atoms with van der Waals surface area (Å²) in [6.45, 7) is 6.60. The molecule has 0 bridgehead atoms. The molecule has 1 amide bonds. The number of aryl methyl sites for hydroxylation is 1. The van der Waals surface area contributed by atoms with Gasteiger partial charge in [-0.25, -0.2) is 0 Å². The molecule has 0 atom stereocenters. The number of amides is 1. The molecule has 0 radical (unpaired) electrons. The van der Waals surface area contributed by atoms with E-state index in [4.69, 9.17) is 9.47 Å². The van der Waals surface area contributed by atoms with Crippen LogP contribution in [0.25, 0.3) is 0 Å². The smallest absolute Gasteiger partial charge is 0.251 e. The number of ether oxygens (including phenoxy) is 2. The van der Waals surface area contributed by atoms with Crippen molar-refractivity contribution in [1.29, 1.82) is 0 Å². The summed E-state index contributed by atoms with van der Waals surface area (Å²) in [4.78, 5) is 14.6. The van der Waals surface area contributed by atoms with Gasteiger partial charge in [0.2, 0.25) is 0 Å². The van der Waals surface area contributed by atoms with Gasteiger partial charge in [-0.1, -0.05) is 18.2 Å². The van der Waals surface area contributed by atoms with Crippen LogP contribution in [0.2, 0.25) is 0 Å². The lowest BCUT2D eigenvalue weighted by molar-refractivity contribution is 0.0953. The molecule has 2 aromatic carbocycles. The Morgan fingerprint density at radius 1 is 1.11 bits per heavy atom. The van der Waals surface area contributed by atoms with Crippen LogP contribution >= 0.6 is 0 Å². The highest BCUT2D eigenvalue weighted by atomic mass is 16.5. The summed E-state index contributed by atoms with van der Waals surface area (Å²) in [6.07, 6.45) is 1.76. The second-order valence-electron chi connectivity index (χ2n) is 6.55. The summed E-state index contributed by atoms with van der Waals surface area (Å²) < 4.78 is 11.0. The van der Waals surface area contributed by atoms with Gasteiger partial charge in [0, 0.05) is 30.9 Å². The van der Waals surface area contributed by atoms with Crippen molar-refractivity contribution >= 4 is 11.6 Å². The van der Waals surface area contributed by atoms with Crippen LogP contribution in [0.1, 0.15) is 29.3 Å². The Balaban J connectivity index is 1.45. The zero-order valence-corrected chi connectivity index (χ0v) is 15.9. The van der Waals surface area contributed by atoms with E-state index < -0.39 is 0 Å². The maximum atomic E-state index is 12.3. The van der Waals surface area contributed by atoms with Gasteiger partial charge >= 0.3 is 0 Å². The Labute approximate surface area is 161 Å². The van der Waals surface area contributed by atoms with E-state index in [-0.39, 0.29) is 5.91 Å². The predicted octanol–water partition coefficient (Wildman–Crippen LogP) is 3.28. The van der Waals surface area contributed by atoms with Crippen LogP contribution in [0, 0.1) is 0 Å². The lowest BCUT2D eigenvalue weighted by atomic mass is 10.1. The molecule has 1 aliphatic heterocycles. The number of nitrogens with one attached hydrogen (secondary N) is 1. The largest absolute Gasteiger partial charge is 0.494 e. The van der Waals surface area contributed by atoms with E-state index in [1.54, 1.807) is 0 Å². The highest BCUT2D eigenvalue weighted by molar-refractivity contribution is 5.94. The van der Waals surface area contributed by atoms with Crippen molar-refractivity contribution in [3.05, 3.63) is 59.7 Å². The van der Waals surface area contributed by atoms with Gasteiger partial charge in [-0.2, -0.15) is 0 Å². The van der Waals surface area contributed by atoms with Crippen LogP contribution in [-0.4, -0.2) is 45.4 Å². The lowest BCUT2D eigenvalue weighted by Crippen LogP contribution is -2.36. The quantitative estimate of drug-likeness (QED) is 0.727. The fraction of sp³-hybridized carbons (Fsp3) is 0.409. The van der Waals surface area contributed by atoms with Gasteiger partial charge in [0.05, 0.1) is 19.8 Å². The summed E-state index contributed by atoms with van der Waals surface area (Å²) in [5.41, 5.74) is 3.02. The number of para-hydroxylation sites is 1. The van der Waals surface area contributed by atoms with Crippen molar-refractivity contribution in [3.8, 4) is 5.75 Å². The molecule has 1 aliphatic rings. The molecule has 1 N–H and O–H groups in total. The van der Waals surface area contributed by atoms with E-state index in [1.165, 1.54) is 5.56 Å². The molecule has 1 fully saturated rings. The van der Waals surface area contributed by atoms with E-state index in [0.717, 1.165) is 50.6 Å².